The molecule has 0 aromatic heterocycles. The molecule has 2 aromatic carbocycles. The maximum atomic E-state index is 15.0. The minimum Gasteiger partial charge on any atom is -0.494 e. The van der Waals surface area contributed by atoms with E-state index in [4.69, 9.17) is 14.0 Å². The summed E-state index contributed by atoms with van der Waals surface area (Å²) in [5.74, 6) is -0.838. The Hall–Kier alpha value is -2.65. The van der Waals surface area contributed by atoms with E-state index in [0.29, 0.717) is 29.7 Å². The minimum atomic E-state index is -0.804. The first kappa shape index (κ1) is 22.5. The van der Waals surface area contributed by atoms with Gasteiger partial charge < -0.3 is 19.4 Å². The van der Waals surface area contributed by atoms with Gasteiger partial charge >= 0.3 is 13.1 Å². The molecule has 4 rings (SSSR count). The molecule has 1 fully saturated rings. The van der Waals surface area contributed by atoms with Gasteiger partial charge in [-0.2, -0.15) is 0 Å². The normalized spacial score (nSPS) is 18.6. The zero-order chi connectivity index (χ0) is 23.3. The number of hydrogen-bond acceptors (Lipinski definition) is 4. The van der Waals surface area contributed by atoms with E-state index in [0.717, 1.165) is 5.56 Å². The number of benzene rings is 2. The molecule has 2 heterocycles. The highest BCUT2D eigenvalue weighted by atomic mass is 19.1. The van der Waals surface area contributed by atoms with Crippen LogP contribution in [0.25, 0.3) is 0 Å². The predicted octanol–water partition coefficient (Wildman–Crippen LogP) is 3.54. The van der Waals surface area contributed by atoms with Crippen molar-refractivity contribution in [3.05, 3.63) is 53.1 Å². The quantitative estimate of drug-likeness (QED) is 0.734. The van der Waals surface area contributed by atoms with Crippen LogP contribution in [0.5, 0.6) is 5.75 Å². The van der Waals surface area contributed by atoms with E-state index in [2.05, 4.69) is 5.32 Å². The van der Waals surface area contributed by atoms with E-state index in [1.165, 1.54) is 30.2 Å². The van der Waals surface area contributed by atoms with Gasteiger partial charge in [-0.15, -0.1) is 0 Å². The Morgan fingerprint density at radius 3 is 2.47 bits per heavy atom. The summed E-state index contributed by atoms with van der Waals surface area (Å²) in [7, 11) is 0.579. The van der Waals surface area contributed by atoms with Crippen LogP contribution >= 0.6 is 0 Å². The van der Waals surface area contributed by atoms with Crippen molar-refractivity contribution in [3.8, 4) is 5.75 Å². The predicted molar refractivity (Wildman–Crippen MR) is 118 cm³/mol. The van der Waals surface area contributed by atoms with E-state index in [1.807, 2.05) is 27.7 Å². The second kappa shape index (κ2) is 8.05. The maximum Gasteiger partial charge on any atom is 0.497 e. The number of fused-ring (bicyclic) bond motifs is 1. The molecule has 170 valence electrons. The van der Waals surface area contributed by atoms with Crippen molar-refractivity contribution in [1.82, 2.24) is 5.32 Å². The molecule has 2 aromatic rings. The van der Waals surface area contributed by atoms with Gasteiger partial charge in [0.1, 0.15) is 5.82 Å². The fraction of sp³-hybridized carbons (Fsp3) is 0.435. The highest BCUT2D eigenvalue weighted by molar-refractivity contribution is 6.62. The fourth-order valence-electron chi connectivity index (χ4n) is 3.88. The molecule has 0 atom stereocenters. The van der Waals surface area contributed by atoms with Crippen molar-refractivity contribution in [2.24, 2.45) is 0 Å². The first-order valence-corrected chi connectivity index (χ1v) is 10.6. The highest BCUT2D eigenvalue weighted by Crippen LogP contribution is 2.37. The minimum absolute atomic E-state index is 0.112. The molecule has 0 unspecified atom stereocenters. The third-order valence-corrected chi connectivity index (χ3v) is 6.51. The van der Waals surface area contributed by atoms with Gasteiger partial charge in [0.15, 0.2) is 11.6 Å². The van der Waals surface area contributed by atoms with Gasteiger partial charge in [0.2, 0.25) is 0 Å². The molecule has 6 nitrogen and oxygen atoms in total. The first-order valence-electron chi connectivity index (χ1n) is 10.6. The molecular weight excluding hydrogens is 417 g/mol. The molecule has 0 spiro atoms. The topological polar surface area (TPSA) is 60.0 Å². The molecule has 0 bridgehead atoms. The fourth-order valence-corrected chi connectivity index (χ4v) is 3.88. The lowest BCUT2D eigenvalue weighted by molar-refractivity contribution is 0.00578. The number of rotatable bonds is 4. The number of halogens is 2. The molecule has 0 radical (unpaired) electrons. The van der Waals surface area contributed by atoms with Crippen LogP contribution in [0, 0.1) is 11.6 Å². The summed E-state index contributed by atoms with van der Waals surface area (Å²) in [6.07, 6.45) is 0.597. The third-order valence-electron chi connectivity index (χ3n) is 6.51. The first-order chi connectivity index (χ1) is 15.0. The molecule has 9 heteroatoms. The van der Waals surface area contributed by atoms with E-state index in [-0.39, 0.29) is 18.3 Å². The summed E-state index contributed by atoms with van der Waals surface area (Å²) >= 11 is 0. The monoisotopic (exact) mass is 444 g/mol. The Morgan fingerprint density at radius 2 is 1.81 bits per heavy atom. The van der Waals surface area contributed by atoms with E-state index in [1.54, 1.807) is 12.1 Å². The van der Waals surface area contributed by atoms with Gasteiger partial charge in [0, 0.05) is 18.6 Å². The van der Waals surface area contributed by atoms with Crippen LogP contribution in [-0.2, 0) is 22.3 Å². The smallest absolute Gasteiger partial charge is 0.494 e. The number of nitrogens with zero attached hydrogens (tertiary/aromatic N) is 1. The molecule has 2 aliphatic heterocycles. The lowest BCUT2D eigenvalue weighted by Gasteiger charge is -2.32. The molecule has 32 heavy (non-hydrogen) atoms. The van der Waals surface area contributed by atoms with Crippen LogP contribution in [0.15, 0.2) is 30.3 Å². The summed E-state index contributed by atoms with van der Waals surface area (Å²) in [6, 6.07) is 7.14. The van der Waals surface area contributed by atoms with Crippen molar-refractivity contribution < 1.29 is 27.6 Å². The lowest BCUT2D eigenvalue weighted by Crippen LogP contribution is -2.41. The second-order valence-electron chi connectivity index (χ2n) is 9.12. The van der Waals surface area contributed by atoms with E-state index in [9.17, 15) is 9.18 Å². The van der Waals surface area contributed by atoms with E-state index < -0.39 is 30.0 Å². The molecule has 0 saturated carbocycles. The number of anilines is 1. The molecule has 0 aliphatic carbocycles. The number of methoxy groups -OCH3 is 1. The van der Waals surface area contributed by atoms with Crippen LogP contribution in [0.2, 0.25) is 0 Å². The molecular formula is C23H27BF2N2O4. The Balaban J connectivity index is 1.48. The van der Waals surface area contributed by atoms with Crippen molar-refractivity contribution >= 4 is 24.3 Å². The van der Waals surface area contributed by atoms with E-state index >= 15 is 4.39 Å². The molecule has 1 N–H and O–H groups in total. The van der Waals surface area contributed by atoms with Crippen molar-refractivity contribution in [3.63, 3.8) is 0 Å². The van der Waals surface area contributed by atoms with Gasteiger partial charge in [-0.3, -0.25) is 4.90 Å². The van der Waals surface area contributed by atoms with Gasteiger partial charge in [-0.1, -0.05) is 12.1 Å². The molecule has 1 saturated heterocycles. The second-order valence-corrected chi connectivity index (χ2v) is 9.12. The average Bonchev–Trinajstić information content (AvgIpc) is 3.23. The molecule has 2 amide bonds. The molecule has 2 aliphatic rings. The third kappa shape index (κ3) is 3.95. The number of hydrogen-bond donors (Lipinski definition) is 1. The SMILES string of the molecule is COc1cc(CNC(=O)N2CCc3cc(B4OC(C)(C)C(C)(C)O4)c(F)cc32)ccc1F. The number of nitrogens with one attached hydrogen (secondary N) is 1. The summed E-state index contributed by atoms with van der Waals surface area (Å²) in [5.41, 5.74) is 1.27. The zero-order valence-electron chi connectivity index (χ0n) is 18.9. The number of urea groups is 1. The maximum absolute atomic E-state index is 15.0. The number of amides is 2. The van der Waals surface area contributed by atoms with Gasteiger partial charge in [-0.05, 0) is 63.4 Å². The number of carbonyl (C=O) groups is 1. The number of ether oxygens (including phenoxy) is 1. The zero-order valence-corrected chi connectivity index (χ0v) is 18.9. The highest BCUT2D eigenvalue weighted by Gasteiger charge is 2.52. The van der Waals surface area contributed by atoms with Crippen molar-refractivity contribution in [1.29, 1.82) is 0 Å². The Bertz CT molecular complexity index is 1040. The Kier molecular flexibility index (Phi) is 5.67. The Labute approximate surface area is 187 Å². The van der Waals surface area contributed by atoms with Gasteiger partial charge in [0.05, 0.1) is 24.0 Å². The lowest BCUT2D eigenvalue weighted by atomic mass is 9.77. The van der Waals surface area contributed by atoms with Crippen LogP contribution in [0.1, 0.15) is 38.8 Å². The van der Waals surface area contributed by atoms with Crippen molar-refractivity contribution in [2.45, 2.75) is 51.9 Å². The summed E-state index contributed by atoms with van der Waals surface area (Å²) < 4.78 is 45.6. The largest absolute Gasteiger partial charge is 0.497 e. The summed E-state index contributed by atoms with van der Waals surface area (Å²) in [4.78, 5) is 14.3. The van der Waals surface area contributed by atoms with Crippen LogP contribution < -0.4 is 20.4 Å². The van der Waals surface area contributed by atoms with Gasteiger partial charge in [-0.25, -0.2) is 13.6 Å². The summed E-state index contributed by atoms with van der Waals surface area (Å²) in [5, 5.41) is 2.80. The van der Waals surface area contributed by atoms with Crippen LogP contribution in [0.4, 0.5) is 19.3 Å². The average molecular weight is 444 g/mol. The summed E-state index contributed by atoms with van der Waals surface area (Å²) in [6.45, 7) is 8.29. The Morgan fingerprint density at radius 1 is 1.12 bits per heavy atom. The number of carbonyl (C=O) groups excluding carboxylic acids is 1. The van der Waals surface area contributed by atoms with Crippen LogP contribution in [-0.4, -0.2) is 38.0 Å². The standard InChI is InChI=1S/C23H27BF2N2O4/c1-22(2)23(3,4)32-24(31-22)16-11-15-8-9-28(19(15)12-18(16)26)21(29)27-13-14-6-7-17(25)20(10-14)30-5/h6-7,10-12H,8-9,13H2,1-5H3,(H,27,29). The van der Waals surface area contributed by atoms with Gasteiger partial charge in [0.25, 0.3) is 0 Å². The van der Waals surface area contributed by atoms with Crippen LogP contribution in [0.3, 0.4) is 0 Å². The van der Waals surface area contributed by atoms with Crippen molar-refractivity contribution in [2.75, 3.05) is 18.6 Å².